The molecule has 2 N–H and O–H groups in total. The van der Waals surface area contributed by atoms with Crippen molar-refractivity contribution in [2.24, 2.45) is 0 Å². The first-order valence-corrected chi connectivity index (χ1v) is 4.84. The number of nitrogens with two attached hydrogens (primary N) is 1. The molecule has 6 heteroatoms. The molecule has 0 radical (unpaired) electrons. The minimum atomic E-state index is 0.0532. The fourth-order valence-corrected chi connectivity index (χ4v) is 1.52. The zero-order valence-corrected chi connectivity index (χ0v) is 9.00. The number of benzene rings is 1. The lowest BCUT2D eigenvalue weighted by Gasteiger charge is -2.02. The zero-order chi connectivity index (χ0) is 10.8. The summed E-state index contributed by atoms with van der Waals surface area (Å²) >= 11 is 11.6. The van der Waals surface area contributed by atoms with Crippen molar-refractivity contribution >= 4 is 29.2 Å². The number of aromatic nitrogens is 3. The molecule has 1 aromatic heterocycles. The van der Waals surface area contributed by atoms with Crippen LogP contribution in [0.1, 0.15) is 0 Å². The molecule has 0 fully saturated rings. The summed E-state index contributed by atoms with van der Waals surface area (Å²) in [5.74, 6) is 0.447. The first kappa shape index (κ1) is 10.1. The largest absolute Gasteiger partial charge is 0.368 e. The van der Waals surface area contributed by atoms with Gasteiger partial charge in [0, 0.05) is 5.56 Å². The minimum absolute atomic E-state index is 0.0532. The molecular weight excluding hydrogens is 235 g/mol. The van der Waals surface area contributed by atoms with Crippen molar-refractivity contribution < 1.29 is 0 Å². The van der Waals surface area contributed by atoms with Crippen LogP contribution in [0.25, 0.3) is 11.4 Å². The van der Waals surface area contributed by atoms with Gasteiger partial charge in [-0.1, -0.05) is 23.7 Å². The minimum Gasteiger partial charge on any atom is -0.368 e. The molecule has 4 nitrogen and oxygen atoms in total. The van der Waals surface area contributed by atoms with Gasteiger partial charge in [-0.2, -0.15) is 15.0 Å². The van der Waals surface area contributed by atoms with Crippen LogP contribution in [-0.2, 0) is 0 Å². The van der Waals surface area contributed by atoms with Gasteiger partial charge in [0.1, 0.15) is 0 Å². The maximum Gasteiger partial charge on any atom is 0.227 e. The van der Waals surface area contributed by atoms with Gasteiger partial charge in [0.2, 0.25) is 11.2 Å². The van der Waals surface area contributed by atoms with Gasteiger partial charge in [-0.05, 0) is 23.7 Å². The monoisotopic (exact) mass is 240 g/mol. The topological polar surface area (TPSA) is 64.7 Å². The van der Waals surface area contributed by atoms with Crippen LogP contribution >= 0.6 is 23.2 Å². The standard InChI is InChI=1S/C9H6Cl2N4/c10-6-4-2-1-3-5(6)7-13-8(11)15-9(12)14-7/h1-4H,(H2,12,13,14,15). The summed E-state index contributed by atoms with van der Waals surface area (Å²) in [4.78, 5) is 11.6. The molecule has 0 bridgehead atoms. The summed E-state index contributed by atoms with van der Waals surface area (Å²) in [5, 5.41) is 0.594. The third kappa shape index (κ3) is 2.16. The van der Waals surface area contributed by atoms with Crippen LogP contribution in [0, 0.1) is 0 Å². The van der Waals surface area contributed by atoms with E-state index in [1.807, 2.05) is 12.1 Å². The SMILES string of the molecule is Nc1nc(Cl)nc(-c2ccccc2Cl)n1. The Bertz CT molecular complexity index is 481. The van der Waals surface area contributed by atoms with E-state index in [4.69, 9.17) is 28.9 Å². The van der Waals surface area contributed by atoms with Gasteiger partial charge < -0.3 is 5.73 Å². The Labute approximate surface area is 96.1 Å². The van der Waals surface area contributed by atoms with Crippen LogP contribution in [0.3, 0.4) is 0 Å². The van der Waals surface area contributed by atoms with E-state index in [9.17, 15) is 0 Å². The third-order valence-electron chi connectivity index (χ3n) is 1.74. The molecule has 1 heterocycles. The van der Waals surface area contributed by atoms with E-state index in [1.165, 1.54) is 0 Å². The van der Waals surface area contributed by atoms with Crippen LogP contribution in [0.2, 0.25) is 10.3 Å². The van der Waals surface area contributed by atoms with Gasteiger partial charge in [-0.25, -0.2) is 0 Å². The average Bonchev–Trinajstić information content (AvgIpc) is 2.16. The lowest BCUT2D eigenvalue weighted by molar-refractivity contribution is 1.07. The van der Waals surface area contributed by atoms with Crippen LogP contribution in [0.15, 0.2) is 24.3 Å². The summed E-state index contributed by atoms with van der Waals surface area (Å²) in [6, 6.07) is 7.17. The van der Waals surface area contributed by atoms with E-state index >= 15 is 0 Å². The van der Waals surface area contributed by atoms with Crippen molar-refractivity contribution in [2.75, 3.05) is 5.73 Å². The van der Waals surface area contributed by atoms with Crippen LogP contribution in [0.4, 0.5) is 5.95 Å². The van der Waals surface area contributed by atoms with Gasteiger partial charge in [0.05, 0.1) is 5.02 Å². The molecule has 2 aromatic rings. The highest BCUT2D eigenvalue weighted by atomic mass is 35.5. The van der Waals surface area contributed by atoms with E-state index < -0.39 is 0 Å². The Balaban J connectivity index is 2.59. The maximum atomic E-state index is 5.98. The number of anilines is 1. The zero-order valence-electron chi connectivity index (χ0n) is 7.48. The quantitative estimate of drug-likeness (QED) is 0.832. The Morgan fingerprint density at radius 2 is 1.73 bits per heavy atom. The molecule has 0 saturated carbocycles. The Morgan fingerprint density at radius 3 is 2.40 bits per heavy atom. The van der Waals surface area contributed by atoms with Crippen molar-refractivity contribution in [3.63, 3.8) is 0 Å². The van der Waals surface area contributed by atoms with Crippen LogP contribution in [-0.4, -0.2) is 15.0 Å². The number of nitrogen functional groups attached to an aromatic ring is 1. The smallest absolute Gasteiger partial charge is 0.227 e. The summed E-state index contributed by atoms with van der Waals surface area (Å²) < 4.78 is 0. The van der Waals surface area contributed by atoms with Crippen molar-refractivity contribution in [1.82, 2.24) is 15.0 Å². The average molecular weight is 241 g/mol. The van der Waals surface area contributed by atoms with Gasteiger partial charge >= 0.3 is 0 Å². The molecule has 1 aromatic carbocycles. The molecule has 15 heavy (non-hydrogen) atoms. The molecule has 0 unspecified atom stereocenters. The molecule has 76 valence electrons. The van der Waals surface area contributed by atoms with Gasteiger partial charge in [0.25, 0.3) is 0 Å². The molecule has 0 aliphatic heterocycles. The van der Waals surface area contributed by atoms with Crippen molar-refractivity contribution in [2.45, 2.75) is 0 Å². The van der Waals surface area contributed by atoms with Crippen molar-refractivity contribution in [3.05, 3.63) is 34.6 Å². The lowest BCUT2D eigenvalue weighted by atomic mass is 10.2. The summed E-state index contributed by atoms with van der Waals surface area (Å²) in [6.45, 7) is 0. The Kier molecular flexibility index (Phi) is 2.70. The van der Waals surface area contributed by atoms with Crippen molar-refractivity contribution in [3.8, 4) is 11.4 Å². The normalized spacial score (nSPS) is 10.3. The number of nitrogens with zero attached hydrogens (tertiary/aromatic N) is 3. The lowest BCUT2D eigenvalue weighted by Crippen LogP contribution is -2.00. The fourth-order valence-electron chi connectivity index (χ4n) is 1.13. The molecular formula is C9H6Cl2N4. The highest BCUT2D eigenvalue weighted by Gasteiger charge is 2.08. The predicted octanol–water partition coefficient (Wildman–Crippen LogP) is 2.43. The molecule has 0 aliphatic carbocycles. The Hall–Kier alpha value is -1.39. The summed E-state index contributed by atoms with van der Waals surface area (Å²) in [5.41, 5.74) is 6.13. The number of hydrogen-bond donors (Lipinski definition) is 1. The summed E-state index contributed by atoms with van der Waals surface area (Å²) in [7, 11) is 0. The van der Waals surface area contributed by atoms with Crippen LogP contribution in [0.5, 0.6) is 0 Å². The number of rotatable bonds is 1. The fraction of sp³-hybridized carbons (Fsp3) is 0. The first-order valence-electron chi connectivity index (χ1n) is 4.09. The van der Waals surface area contributed by atoms with Crippen LogP contribution < -0.4 is 5.73 Å². The first-order chi connectivity index (χ1) is 7.16. The third-order valence-corrected chi connectivity index (χ3v) is 2.24. The van der Waals surface area contributed by atoms with Crippen molar-refractivity contribution in [1.29, 1.82) is 0 Å². The van der Waals surface area contributed by atoms with Gasteiger partial charge in [-0.15, -0.1) is 0 Å². The molecule has 0 spiro atoms. The van der Waals surface area contributed by atoms with E-state index in [0.717, 1.165) is 0 Å². The number of halogens is 2. The second kappa shape index (κ2) is 4.00. The van der Waals surface area contributed by atoms with E-state index in [1.54, 1.807) is 12.1 Å². The van der Waals surface area contributed by atoms with Gasteiger partial charge in [-0.3, -0.25) is 0 Å². The molecule has 0 amide bonds. The number of hydrogen-bond acceptors (Lipinski definition) is 4. The van der Waals surface area contributed by atoms with E-state index in [0.29, 0.717) is 16.4 Å². The highest BCUT2D eigenvalue weighted by molar-refractivity contribution is 6.33. The molecule has 0 saturated heterocycles. The highest BCUT2D eigenvalue weighted by Crippen LogP contribution is 2.25. The Morgan fingerprint density at radius 1 is 1.00 bits per heavy atom. The second-order valence-electron chi connectivity index (χ2n) is 2.77. The van der Waals surface area contributed by atoms with E-state index in [-0.39, 0.29) is 11.2 Å². The summed E-state index contributed by atoms with van der Waals surface area (Å²) in [6.07, 6.45) is 0. The molecule has 2 rings (SSSR count). The molecule has 0 atom stereocenters. The maximum absolute atomic E-state index is 5.98. The van der Waals surface area contributed by atoms with E-state index in [2.05, 4.69) is 15.0 Å². The molecule has 0 aliphatic rings. The predicted molar refractivity (Wildman–Crippen MR) is 59.7 cm³/mol. The van der Waals surface area contributed by atoms with Gasteiger partial charge in [0.15, 0.2) is 5.82 Å². The second-order valence-corrected chi connectivity index (χ2v) is 3.51.